The van der Waals surface area contributed by atoms with Crippen molar-refractivity contribution in [1.29, 1.82) is 0 Å². The fraction of sp³-hybridized carbons (Fsp3) is 0. The molecule has 0 heterocycles. The molecule has 0 aliphatic heterocycles. The summed E-state index contributed by atoms with van der Waals surface area (Å²) in [6, 6.07) is 0. The number of hydrogen-bond acceptors (Lipinski definition) is 8. The molecular weight excluding hydrogens is 229 g/mol. The van der Waals surface area contributed by atoms with Crippen molar-refractivity contribution < 1.29 is 92.3 Å². The predicted octanol–water partition coefficient (Wildman–Crippen LogP) is -4.98. The van der Waals surface area contributed by atoms with Gasteiger partial charge in [0.25, 0.3) is 0 Å². The molecule has 11 heteroatoms. The monoisotopic (exact) mass is 232 g/mol. The smallest absolute Gasteiger partial charge is 0.790 e. The van der Waals surface area contributed by atoms with Crippen LogP contribution in [0.1, 0.15) is 2.85 Å². The second kappa shape index (κ2) is 5.56. The predicted molar refractivity (Wildman–Crippen MR) is 22.2 cm³/mol. The van der Waals surface area contributed by atoms with Crippen molar-refractivity contribution in [3.05, 3.63) is 0 Å². The molecule has 11 heavy (non-hydrogen) atoms. The summed E-state index contributed by atoms with van der Waals surface area (Å²) in [4.78, 5) is 28.8. The van der Waals surface area contributed by atoms with Crippen LogP contribution in [0.2, 0.25) is 0 Å². The summed E-state index contributed by atoms with van der Waals surface area (Å²) in [7, 11) is -11.0. The number of hydrogen-bond donors (Lipinski definition) is 1. The fourth-order valence-electron chi connectivity index (χ4n) is 0.137. The van der Waals surface area contributed by atoms with Crippen molar-refractivity contribution >= 4 is 15.6 Å². The maximum absolute atomic E-state index is 9.78. The van der Waals surface area contributed by atoms with Crippen LogP contribution in [0.25, 0.3) is 0 Å². The molecule has 0 aliphatic carbocycles. The Kier molecular flexibility index (Phi) is 7.75. The summed E-state index contributed by atoms with van der Waals surface area (Å²) < 4.78 is 24.5. The molecule has 0 saturated heterocycles. The van der Waals surface area contributed by atoms with Crippen molar-refractivity contribution in [3.63, 3.8) is 0 Å². The van der Waals surface area contributed by atoms with Crippen LogP contribution in [-0.4, -0.2) is 5.26 Å². The maximum atomic E-state index is 9.78. The van der Waals surface area contributed by atoms with Crippen LogP contribution in [0, 0.1) is 0 Å². The van der Waals surface area contributed by atoms with Crippen molar-refractivity contribution in [2.75, 3.05) is 0 Å². The third kappa shape index (κ3) is 9.77. The molecule has 0 spiro atoms. The van der Waals surface area contributed by atoms with Crippen LogP contribution < -0.4 is 66.1 Å². The van der Waals surface area contributed by atoms with E-state index in [1.54, 1.807) is 0 Å². The van der Waals surface area contributed by atoms with Gasteiger partial charge in [-0.15, -0.1) is 0 Å². The van der Waals surface area contributed by atoms with Crippen LogP contribution in [0.4, 0.5) is 0 Å². The van der Waals surface area contributed by atoms with E-state index in [4.69, 9.17) is 5.26 Å². The molecule has 1 unspecified atom stereocenters. The maximum Gasteiger partial charge on any atom is 1.00 e. The molecule has 0 aromatic rings. The van der Waals surface area contributed by atoms with E-state index in [0.29, 0.717) is 0 Å². The molecule has 0 amide bonds. The fourth-order valence-corrected chi connectivity index (χ4v) is 1.24. The van der Waals surface area contributed by atoms with Gasteiger partial charge in [0.05, 0.1) is 7.82 Å². The van der Waals surface area contributed by atoms with Gasteiger partial charge in [0, 0.05) is 0 Å². The van der Waals surface area contributed by atoms with Crippen molar-refractivity contribution in [2.45, 2.75) is 0 Å². The van der Waals surface area contributed by atoms with E-state index in [1.165, 1.54) is 0 Å². The Labute approximate surface area is 107 Å². The summed E-state index contributed by atoms with van der Waals surface area (Å²) in [6.45, 7) is 0. The Morgan fingerprint density at radius 2 is 1.64 bits per heavy atom. The normalized spacial score (nSPS) is 16.7. The molecule has 0 fully saturated rings. The zero-order chi connectivity index (χ0) is 8.41. The van der Waals surface area contributed by atoms with Crippen LogP contribution >= 0.6 is 15.6 Å². The standard InChI is InChI=1S/K.H4O8P2/c;1-7-10(5,6)8-9(2,3)4/h;1H,(H,5,6)(H2,2,3,4)/q+1;/p-1. The van der Waals surface area contributed by atoms with E-state index in [-0.39, 0.29) is 54.2 Å². The molecule has 62 valence electrons. The molecule has 0 aliphatic rings. The van der Waals surface area contributed by atoms with Gasteiger partial charge in [-0.25, -0.2) is 5.26 Å². The van der Waals surface area contributed by atoms with E-state index < -0.39 is 15.6 Å². The summed E-state index contributed by atoms with van der Waals surface area (Å²) in [5.74, 6) is 0. The van der Waals surface area contributed by atoms with Crippen molar-refractivity contribution in [1.82, 2.24) is 0 Å². The van der Waals surface area contributed by atoms with Gasteiger partial charge in [0.2, 0.25) is 0 Å². The largest absolute Gasteiger partial charge is 1.00 e. The minimum absolute atomic E-state index is 0. The zero-order valence-corrected chi connectivity index (χ0v) is 10.1. The quantitative estimate of drug-likeness (QED) is 0.220. The molecule has 1 atom stereocenters. The van der Waals surface area contributed by atoms with Gasteiger partial charge < -0.3 is 19.2 Å². The molecule has 8 nitrogen and oxygen atoms in total. The first-order valence-electron chi connectivity index (χ1n) is 1.64. The van der Waals surface area contributed by atoms with Gasteiger partial charge in [-0.05, 0) is 0 Å². The molecule has 0 rings (SSSR count). The summed E-state index contributed by atoms with van der Waals surface area (Å²) in [5.41, 5.74) is 0. The van der Waals surface area contributed by atoms with E-state index >= 15 is 0 Å². The van der Waals surface area contributed by atoms with Crippen LogP contribution in [-0.2, 0) is 18.1 Å². The van der Waals surface area contributed by atoms with Crippen LogP contribution in [0.5, 0.6) is 0 Å². The second-order valence-corrected chi connectivity index (χ2v) is 3.66. The Balaban J connectivity index is -0.000000135. The first kappa shape index (κ1) is 15.3. The average molecular weight is 232 g/mol. The topological polar surface area (TPSA) is 142 Å². The molecule has 0 saturated carbocycles. The second-order valence-electron chi connectivity index (χ2n) is 1.06. The van der Waals surface area contributed by atoms with E-state index in [1.807, 2.05) is 0 Å². The molecule has 0 aromatic heterocycles. The minimum Gasteiger partial charge on any atom is -0.790 e. The summed E-state index contributed by atoms with van der Waals surface area (Å²) in [5, 5.41) is 7.36. The third-order valence-corrected chi connectivity index (χ3v) is 2.10. The molecule has 1 N–H and O–H groups in total. The van der Waals surface area contributed by atoms with Gasteiger partial charge >= 0.3 is 62.1 Å². The molecule has 0 aromatic carbocycles. The van der Waals surface area contributed by atoms with E-state index in [9.17, 15) is 23.8 Å². The Hall–Kier alpha value is 1.86. The summed E-state index contributed by atoms with van der Waals surface area (Å²) in [6.07, 6.45) is 0. The molecule has 0 bridgehead atoms. The third-order valence-electron chi connectivity index (χ3n) is 0.300. The Bertz CT molecular complexity index is 198. The van der Waals surface area contributed by atoms with Crippen LogP contribution in [0.15, 0.2) is 0 Å². The molecule has 0 radical (unpaired) electrons. The Morgan fingerprint density at radius 1 is 1.27 bits per heavy atom. The van der Waals surface area contributed by atoms with Crippen molar-refractivity contribution in [3.8, 4) is 0 Å². The Morgan fingerprint density at radius 3 is 1.73 bits per heavy atom. The average Bonchev–Trinajstić information content (AvgIpc) is 1.60. The van der Waals surface area contributed by atoms with Crippen LogP contribution in [0.3, 0.4) is 0 Å². The van der Waals surface area contributed by atoms with Gasteiger partial charge in [-0.2, -0.15) is 4.67 Å². The SMILES string of the molecule is O=P([O-])([O-])OP(=O)([O-])OO.[H+].[H+].[K+]. The van der Waals surface area contributed by atoms with Gasteiger partial charge in [-0.1, -0.05) is 0 Å². The van der Waals surface area contributed by atoms with Gasteiger partial charge in [0.1, 0.15) is 0 Å². The van der Waals surface area contributed by atoms with Gasteiger partial charge in [0.15, 0.2) is 0 Å². The summed E-state index contributed by atoms with van der Waals surface area (Å²) >= 11 is 0. The van der Waals surface area contributed by atoms with Gasteiger partial charge in [-0.3, -0.25) is 8.88 Å². The first-order chi connectivity index (χ1) is 4.27. The van der Waals surface area contributed by atoms with E-state index in [2.05, 4.69) is 8.99 Å². The van der Waals surface area contributed by atoms with E-state index in [0.717, 1.165) is 0 Å². The molecular formula is H3KO8P2. The first-order valence-corrected chi connectivity index (χ1v) is 4.56. The number of phosphoric acid groups is 2. The minimum atomic E-state index is -5.66. The zero-order valence-electron chi connectivity index (χ0n) is 7.20. The number of rotatable bonds is 3. The van der Waals surface area contributed by atoms with Crippen molar-refractivity contribution in [2.24, 2.45) is 0 Å².